The van der Waals surface area contributed by atoms with Crippen molar-refractivity contribution in [1.82, 2.24) is 10.2 Å². The number of unbranched alkanes of at least 4 members (excludes halogenated alkanes) is 1. The standard InChI is InChI=1S/C14H29N3O/c1-11(2)17(3)9-5-4-8-16-14(18)12-6-7-13(15)10-12/h11-13H,4-10,15H2,1-3H3,(H,16,18). The van der Waals surface area contributed by atoms with Gasteiger partial charge in [0.2, 0.25) is 5.91 Å². The first-order valence-corrected chi connectivity index (χ1v) is 7.24. The first-order chi connectivity index (χ1) is 8.50. The molecule has 0 saturated heterocycles. The van der Waals surface area contributed by atoms with Crippen LogP contribution in [0.15, 0.2) is 0 Å². The Balaban J connectivity index is 2.02. The van der Waals surface area contributed by atoms with Crippen molar-refractivity contribution in [2.24, 2.45) is 11.7 Å². The van der Waals surface area contributed by atoms with Crippen molar-refractivity contribution in [2.45, 2.75) is 58.0 Å². The molecule has 0 heterocycles. The SMILES string of the molecule is CC(C)N(C)CCCCNC(=O)C1CCC(N)C1. The Labute approximate surface area is 111 Å². The van der Waals surface area contributed by atoms with Crippen LogP contribution >= 0.6 is 0 Å². The molecule has 106 valence electrons. The Morgan fingerprint density at radius 2 is 2.11 bits per heavy atom. The monoisotopic (exact) mass is 255 g/mol. The second-order valence-electron chi connectivity index (χ2n) is 5.84. The van der Waals surface area contributed by atoms with Crippen molar-refractivity contribution >= 4 is 5.91 Å². The van der Waals surface area contributed by atoms with Crippen LogP contribution in [0.4, 0.5) is 0 Å². The number of carbonyl (C=O) groups excluding carboxylic acids is 1. The molecule has 0 bridgehead atoms. The molecule has 1 amide bonds. The van der Waals surface area contributed by atoms with E-state index in [1.807, 2.05) is 0 Å². The summed E-state index contributed by atoms with van der Waals surface area (Å²) in [6.07, 6.45) is 5.02. The number of nitrogens with zero attached hydrogens (tertiary/aromatic N) is 1. The third kappa shape index (κ3) is 5.36. The van der Waals surface area contributed by atoms with Crippen LogP contribution in [-0.4, -0.2) is 43.0 Å². The van der Waals surface area contributed by atoms with Crippen LogP contribution in [0, 0.1) is 5.92 Å². The van der Waals surface area contributed by atoms with E-state index in [1.165, 1.54) is 0 Å². The van der Waals surface area contributed by atoms with Gasteiger partial charge in [-0.15, -0.1) is 0 Å². The zero-order chi connectivity index (χ0) is 13.5. The van der Waals surface area contributed by atoms with E-state index in [1.54, 1.807) is 0 Å². The Morgan fingerprint density at radius 1 is 1.39 bits per heavy atom. The first kappa shape index (κ1) is 15.4. The van der Waals surface area contributed by atoms with E-state index < -0.39 is 0 Å². The molecule has 0 aromatic heterocycles. The molecule has 0 spiro atoms. The van der Waals surface area contributed by atoms with Crippen LogP contribution in [0.3, 0.4) is 0 Å². The molecular formula is C14H29N3O. The van der Waals surface area contributed by atoms with E-state index in [-0.39, 0.29) is 17.9 Å². The van der Waals surface area contributed by atoms with E-state index in [2.05, 4.69) is 31.1 Å². The molecular weight excluding hydrogens is 226 g/mol. The minimum absolute atomic E-state index is 0.165. The molecule has 1 fully saturated rings. The van der Waals surface area contributed by atoms with Crippen LogP contribution in [0.2, 0.25) is 0 Å². The topological polar surface area (TPSA) is 58.4 Å². The minimum Gasteiger partial charge on any atom is -0.356 e. The predicted octanol–water partition coefficient (Wildman–Crippen LogP) is 1.35. The number of rotatable bonds is 7. The minimum atomic E-state index is 0.165. The Bertz CT molecular complexity index is 255. The Morgan fingerprint density at radius 3 is 2.67 bits per heavy atom. The van der Waals surface area contributed by atoms with Gasteiger partial charge in [-0.2, -0.15) is 0 Å². The lowest BCUT2D eigenvalue weighted by atomic mass is 10.1. The fourth-order valence-electron chi connectivity index (χ4n) is 2.35. The number of nitrogens with two attached hydrogens (primary N) is 1. The van der Waals surface area contributed by atoms with Gasteiger partial charge in [0.15, 0.2) is 0 Å². The summed E-state index contributed by atoms with van der Waals surface area (Å²) in [4.78, 5) is 14.2. The average molecular weight is 255 g/mol. The molecule has 0 aromatic rings. The van der Waals surface area contributed by atoms with Gasteiger partial charge in [0.25, 0.3) is 0 Å². The van der Waals surface area contributed by atoms with Crippen LogP contribution in [0.1, 0.15) is 46.0 Å². The van der Waals surface area contributed by atoms with Gasteiger partial charge in [0, 0.05) is 24.5 Å². The van der Waals surface area contributed by atoms with Crippen LogP contribution in [-0.2, 0) is 4.79 Å². The van der Waals surface area contributed by atoms with Gasteiger partial charge < -0.3 is 16.0 Å². The molecule has 1 aliphatic carbocycles. The van der Waals surface area contributed by atoms with Crippen molar-refractivity contribution < 1.29 is 4.79 Å². The fourth-order valence-corrected chi connectivity index (χ4v) is 2.35. The van der Waals surface area contributed by atoms with Gasteiger partial charge >= 0.3 is 0 Å². The summed E-state index contributed by atoms with van der Waals surface area (Å²) >= 11 is 0. The molecule has 4 heteroatoms. The molecule has 0 aromatic carbocycles. The zero-order valence-corrected chi connectivity index (χ0v) is 12.1. The van der Waals surface area contributed by atoms with E-state index >= 15 is 0 Å². The fraction of sp³-hybridized carbons (Fsp3) is 0.929. The third-order valence-corrected chi connectivity index (χ3v) is 3.96. The number of carbonyl (C=O) groups is 1. The predicted molar refractivity (Wildman–Crippen MR) is 75.3 cm³/mol. The first-order valence-electron chi connectivity index (χ1n) is 7.24. The Kier molecular flexibility index (Phi) is 6.65. The summed E-state index contributed by atoms with van der Waals surface area (Å²) in [5.41, 5.74) is 5.82. The van der Waals surface area contributed by atoms with E-state index in [9.17, 15) is 4.79 Å². The summed E-state index contributed by atoms with van der Waals surface area (Å²) < 4.78 is 0. The van der Waals surface area contributed by atoms with Gasteiger partial charge in [-0.05, 0) is 59.5 Å². The summed E-state index contributed by atoms with van der Waals surface area (Å²) in [5.74, 6) is 0.374. The Hall–Kier alpha value is -0.610. The van der Waals surface area contributed by atoms with Crippen LogP contribution in [0.5, 0.6) is 0 Å². The molecule has 1 aliphatic rings. The number of hydrogen-bond donors (Lipinski definition) is 2. The second kappa shape index (κ2) is 7.74. The number of hydrogen-bond acceptors (Lipinski definition) is 3. The van der Waals surface area contributed by atoms with E-state index in [4.69, 9.17) is 5.73 Å². The van der Waals surface area contributed by atoms with Crippen molar-refractivity contribution in [3.63, 3.8) is 0 Å². The number of nitrogens with one attached hydrogen (secondary N) is 1. The lowest BCUT2D eigenvalue weighted by molar-refractivity contribution is -0.124. The van der Waals surface area contributed by atoms with Gasteiger partial charge in [-0.25, -0.2) is 0 Å². The molecule has 1 saturated carbocycles. The van der Waals surface area contributed by atoms with E-state index in [0.29, 0.717) is 6.04 Å². The smallest absolute Gasteiger partial charge is 0.223 e. The van der Waals surface area contributed by atoms with Crippen molar-refractivity contribution in [3.8, 4) is 0 Å². The van der Waals surface area contributed by atoms with Gasteiger partial charge in [0.1, 0.15) is 0 Å². The molecule has 0 aliphatic heterocycles. The van der Waals surface area contributed by atoms with Crippen molar-refractivity contribution in [2.75, 3.05) is 20.1 Å². The molecule has 0 radical (unpaired) electrons. The molecule has 3 N–H and O–H groups in total. The molecule has 2 atom stereocenters. The number of amides is 1. The largest absolute Gasteiger partial charge is 0.356 e. The quantitative estimate of drug-likeness (QED) is 0.675. The molecule has 4 nitrogen and oxygen atoms in total. The lowest BCUT2D eigenvalue weighted by Crippen LogP contribution is -2.32. The zero-order valence-electron chi connectivity index (χ0n) is 12.1. The highest BCUT2D eigenvalue weighted by Gasteiger charge is 2.27. The average Bonchev–Trinajstić information content (AvgIpc) is 2.74. The molecule has 2 unspecified atom stereocenters. The van der Waals surface area contributed by atoms with Gasteiger partial charge in [-0.3, -0.25) is 4.79 Å². The highest BCUT2D eigenvalue weighted by atomic mass is 16.1. The highest BCUT2D eigenvalue weighted by molar-refractivity contribution is 5.78. The lowest BCUT2D eigenvalue weighted by Gasteiger charge is -2.20. The summed E-state index contributed by atoms with van der Waals surface area (Å²) in [7, 11) is 2.14. The normalized spacial score (nSPS) is 23.9. The second-order valence-corrected chi connectivity index (χ2v) is 5.84. The van der Waals surface area contributed by atoms with Crippen molar-refractivity contribution in [3.05, 3.63) is 0 Å². The summed E-state index contributed by atoms with van der Waals surface area (Å²) in [5, 5.41) is 3.04. The maximum absolute atomic E-state index is 11.8. The van der Waals surface area contributed by atoms with Crippen LogP contribution in [0.25, 0.3) is 0 Å². The molecule has 1 rings (SSSR count). The van der Waals surface area contributed by atoms with Gasteiger partial charge in [0.05, 0.1) is 0 Å². The maximum atomic E-state index is 11.8. The highest BCUT2D eigenvalue weighted by Crippen LogP contribution is 2.23. The van der Waals surface area contributed by atoms with Crippen LogP contribution < -0.4 is 11.1 Å². The summed E-state index contributed by atoms with van der Waals surface area (Å²) in [6, 6.07) is 0.833. The van der Waals surface area contributed by atoms with Gasteiger partial charge in [-0.1, -0.05) is 0 Å². The maximum Gasteiger partial charge on any atom is 0.223 e. The third-order valence-electron chi connectivity index (χ3n) is 3.96. The molecule has 18 heavy (non-hydrogen) atoms. The van der Waals surface area contributed by atoms with E-state index in [0.717, 1.165) is 45.2 Å². The van der Waals surface area contributed by atoms with Crippen molar-refractivity contribution in [1.29, 1.82) is 0 Å². The summed E-state index contributed by atoms with van der Waals surface area (Å²) in [6.45, 7) is 6.30.